The van der Waals surface area contributed by atoms with Gasteiger partial charge in [-0.15, -0.1) is 0 Å². The number of para-hydroxylation sites is 1. The SMILES string of the molecule is CC(C)(C)c1ccc(-c2ccc3c(c2)c2cc(-c4ccc(C(C)(C)C)cc4)cc4c2n3-c2cc(-c3nc(-c5cc(C(C)(C)C)cc(C(C)(C)C)c5)nc5ccccc35)cc3c2B4c2cc(-c4ccc(C(C)(C)C)cc4)cc4c5cc(-c6ccc(C(C)(C)C)cc6)ccc5n-3c24)cc1. The van der Waals surface area contributed by atoms with E-state index in [1.807, 2.05) is 0 Å². The number of rotatable bonds is 6. The Kier molecular flexibility index (Phi) is 13.8. The van der Waals surface area contributed by atoms with E-state index in [2.05, 4.69) is 346 Å². The van der Waals surface area contributed by atoms with Crippen molar-refractivity contribution in [3.63, 3.8) is 0 Å². The zero-order chi connectivity index (χ0) is 67.9. The zero-order valence-electron chi connectivity index (χ0n) is 60.1. The van der Waals surface area contributed by atoms with Gasteiger partial charge in [-0.2, -0.15) is 0 Å². The van der Waals surface area contributed by atoms with Gasteiger partial charge in [-0.05, 0) is 193 Å². The first-order chi connectivity index (χ1) is 45.8. The molecular weight excluding hydrogens is 1170 g/mol. The minimum atomic E-state index is -0.164. The first-order valence-electron chi connectivity index (χ1n) is 35.1. The summed E-state index contributed by atoms with van der Waals surface area (Å²) in [5.41, 5.74) is 32.4. The van der Waals surface area contributed by atoms with Crippen LogP contribution in [0.1, 0.15) is 158 Å². The summed E-state index contributed by atoms with van der Waals surface area (Å²) in [6.07, 6.45) is 0. The van der Waals surface area contributed by atoms with Crippen LogP contribution in [0.3, 0.4) is 0 Å². The van der Waals surface area contributed by atoms with Crippen LogP contribution in [-0.4, -0.2) is 25.8 Å². The van der Waals surface area contributed by atoms with Crippen LogP contribution in [0.5, 0.6) is 0 Å². The summed E-state index contributed by atoms with van der Waals surface area (Å²) in [6, 6.07) is 82.8. The molecule has 5 heterocycles. The molecule has 0 amide bonds. The fourth-order valence-electron chi connectivity index (χ4n) is 15.6. The Hall–Kier alpha value is -9.58. The number of fused-ring (bicyclic) bond motifs is 11. The summed E-state index contributed by atoms with van der Waals surface area (Å²) in [4.78, 5) is 11.4. The van der Waals surface area contributed by atoms with Crippen molar-refractivity contribution in [3.8, 4) is 78.5 Å². The lowest BCUT2D eigenvalue weighted by molar-refractivity contribution is 0.569. The molecule has 0 saturated heterocycles. The van der Waals surface area contributed by atoms with E-state index in [9.17, 15) is 0 Å². The van der Waals surface area contributed by atoms with E-state index in [-0.39, 0.29) is 39.2 Å². The molecule has 2 aliphatic heterocycles. The van der Waals surface area contributed by atoms with E-state index in [0.717, 1.165) is 33.5 Å². The standard InChI is InChI=1S/C92H89BN4/c1-87(2,3)64-33-23-54(24-34-64)58-31-41-78-71(45-58)73-47-60(56-27-37-66(38-28-56)89(7,8)9)49-75-84(73)96(78)80-51-62(83-70-21-19-20-22-77(70)94-86(95-83)63-43-68(91(13,14)15)53-69(44-63)92(16,17)18)52-81-82(80)93(75)76-50-61(57-29-39-67(40-30-57)90(10,11)12)48-74-72-46-59(32-42-79(72)97(81)85(74)76)55-25-35-65(36-26-55)88(4,5)6/h19-53H,1-18H3. The van der Waals surface area contributed by atoms with E-state index >= 15 is 0 Å². The number of hydrogen-bond acceptors (Lipinski definition) is 2. The highest BCUT2D eigenvalue weighted by molar-refractivity contribution is 7.00. The van der Waals surface area contributed by atoms with Gasteiger partial charge in [-0.25, -0.2) is 9.97 Å². The maximum atomic E-state index is 5.87. The first kappa shape index (κ1) is 62.2. The van der Waals surface area contributed by atoms with Crippen molar-refractivity contribution in [2.24, 2.45) is 0 Å². The third-order valence-corrected chi connectivity index (χ3v) is 21.4. The van der Waals surface area contributed by atoms with Gasteiger partial charge >= 0.3 is 0 Å². The van der Waals surface area contributed by atoms with Gasteiger partial charge in [-0.1, -0.05) is 270 Å². The third-order valence-electron chi connectivity index (χ3n) is 21.4. The van der Waals surface area contributed by atoms with Gasteiger partial charge in [0.15, 0.2) is 5.82 Å². The van der Waals surface area contributed by atoms with Gasteiger partial charge in [0.05, 0.1) is 22.2 Å². The van der Waals surface area contributed by atoms with Gasteiger partial charge < -0.3 is 9.13 Å². The highest BCUT2D eigenvalue weighted by atomic mass is 15.0. The normalized spacial score (nSPS) is 13.4. The Morgan fingerprint density at radius 2 is 0.619 bits per heavy atom. The predicted molar refractivity (Wildman–Crippen MR) is 418 cm³/mol. The molecule has 11 aromatic carbocycles. The minimum Gasteiger partial charge on any atom is -0.310 e. The van der Waals surface area contributed by atoms with Crippen LogP contribution in [-0.2, 0) is 32.5 Å². The van der Waals surface area contributed by atoms with E-state index < -0.39 is 0 Å². The molecule has 0 N–H and O–H groups in total. The number of aromatic nitrogens is 4. The molecule has 97 heavy (non-hydrogen) atoms. The summed E-state index contributed by atoms with van der Waals surface area (Å²) in [7, 11) is 0. The molecule has 14 aromatic rings. The first-order valence-corrected chi connectivity index (χ1v) is 35.1. The Labute approximate surface area is 574 Å². The molecule has 0 aliphatic carbocycles. The summed E-state index contributed by atoms with van der Waals surface area (Å²) < 4.78 is 5.29. The van der Waals surface area contributed by atoms with Crippen LogP contribution in [0, 0.1) is 0 Å². The van der Waals surface area contributed by atoms with E-state index in [1.54, 1.807) is 0 Å². The molecule has 0 fully saturated rings. The molecule has 4 nitrogen and oxygen atoms in total. The minimum absolute atomic E-state index is 0.0107. The molecule has 3 aromatic heterocycles. The quantitative estimate of drug-likeness (QED) is 0.156. The second-order valence-electron chi connectivity index (χ2n) is 34.4. The van der Waals surface area contributed by atoms with Crippen LogP contribution in [0.4, 0.5) is 0 Å². The molecule has 0 spiro atoms. The fraction of sp³-hybridized carbons (Fsp3) is 0.261. The lowest BCUT2D eigenvalue weighted by Gasteiger charge is -2.35. The molecule has 0 saturated carbocycles. The number of nitrogens with zero attached hydrogens (tertiary/aromatic N) is 4. The number of hydrogen-bond donors (Lipinski definition) is 0. The molecule has 0 radical (unpaired) electrons. The van der Waals surface area contributed by atoms with Crippen molar-refractivity contribution in [1.82, 2.24) is 19.1 Å². The monoisotopic (exact) mass is 1260 g/mol. The highest BCUT2D eigenvalue weighted by Gasteiger charge is 2.43. The zero-order valence-corrected chi connectivity index (χ0v) is 60.1. The van der Waals surface area contributed by atoms with Crippen LogP contribution in [0.2, 0.25) is 0 Å². The lowest BCUT2D eigenvalue weighted by Crippen LogP contribution is -2.59. The molecule has 2 aliphatic rings. The molecule has 16 rings (SSSR count). The van der Waals surface area contributed by atoms with Crippen LogP contribution in [0.15, 0.2) is 212 Å². The summed E-state index contributed by atoms with van der Waals surface area (Å²) in [5.74, 6) is 0.727. The summed E-state index contributed by atoms with van der Waals surface area (Å²) >= 11 is 0. The molecule has 0 unspecified atom stereocenters. The van der Waals surface area contributed by atoms with Gasteiger partial charge in [0.1, 0.15) is 0 Å². The van der Waals surface area contributed by atoms with Crippen molar-refractivity contribution >= 4 is 77.6 Å². The molecule has 480 valence electrons. The molecule has 0 bridgehead atoms. The Balaban J connectivity index is 1.05. The smallest absolute Gasteiger partial charge is 0.252 e. The molecular formula is C92H89BN4. The van der Waals surface area contributed by atoms with Crippen molar-refractivity contribution < 1.29 is 0 Å². The number of benzene rings is 11. The second-order valence-corrected chi connectivity index (χ2v) is 34.4. The molecule has 0 atom stereocenters. The van der Waals surface area contributed by atoms with Gasteiger partial charge in [-0.3, -0.25) is 0 Å². The topological polar surface area (TPSA) is 35.6 Å². The highest BCUT2D eigenvalue weighted by Crippen LogP contribution is 2.46. The van der Waals surface area contributed by atoms with E-state index in [0.29, 0.717) is 0 Å². The van der Waals surface area contributed by atoms with Gasteiger partial charge in [0.2, 0.25) is 0 Å². The third kappa shape index (κ3) is 10.4. The van der Waals surface area contributed by atoms with Crippen LogP contribution >= 0.6 is 0 Å². The Morgan fingerprint density at radius 1 is 0.268 bits per heavy atom. The largest absolute Gasteiger partial charge is 0.310 e. The Morgan fingerprint density at radius 3 is 1.00 bits per heavy atom. The maximum Gasteiger partial charge on any atom is 0.252 e. The summed E-state index contributed by atoms with van der Waals surface area (Å²) in [5, 5.41) is 5.97. The van der Waals surface area contributed by atoms with Gasteiger partial charge in [0.25, 0.3) is 6.71 Å². The van der Waals surface area contributed by atoms with Crippen molar-refractivity contribution in [2.45, 2.75) is 157 Å². The maximum absolute atomic E-state index is 5.87. The predicted octanol–water partition coefficient (Wildman–Crippen LogP) is 22.8. The van der Waals surface area contributed by atoms with E-state index in [4.69, 9.17) is 9.97 Å². The van der Waals surface area contributed by atoms with E-state index in [1.165, 1.54) is 149 Å². The van der Waals surface area contributed by atoms with Crippen molar-refractivity contribution in [2.75, 3.05) is 0 Å². The average Bonchev–Trinajstić information content (AvgIpc) is 1.58. The van der Waals surface area contributed by atoms with Crippen LogP contribution < -0.4 is 16.4 Å². The molecule has 5 heteroatoms. The fourth-order valence-corrected chi connectivity index (χ4v) is 15.6. The van der Waals surface area contributed by atoms with Crippen molar-refractivity contribution in [3.05, 3.63) is 246 Å². The van der Waals surface area contributed by atoms with Gasteiger partial charge in [0, 0.05) is 60.5 Å². The summed E-state index contributed by atoms with van der Waals surface area (Å²) in [6.45, 7) is 41.3. The second kappa shape index (κ2) is 21.5. The van der Waals surface area contributed by atoms with Crippen LogP contribution in [0.25, 0.3) is 133 Å². The Bertz CT molecular complexity index is 5280. The van der Waals surface area contributed by atoms with Crippen molar-refractivity contribution in [1.29, 1.82) is 0 Å². The lowest BCUT2D eigenvalue weighted by atomic mass is 9.34. The average molecular weight is 1260 g/mol.